The minimum Gasteiger partial charge on any atom is -0.492 e. The summed E-state index contributed by atoms with van der Waals surface area (Å²) in [5.41, 5.74) is 8.26. The van der Waals surface area contributed by atoms with E-state index in [0.717, 1.165) is 68.3 Å². The third kappa shape index (κ3) is 5.15. The largest absolute Gasteiger partial charge is 0.492 e. The Morgan fingerprint density at radius 2 is 1.85 bits per heavy atom. The highest BCUT2D eigenvalue weighted by molar-refractivity contribution is 6.26. The van der Waals surface area contributed by atoms with E-state index in [1.807, 2.05) is 42.3 Å². The molecule has 0 atom stereocenters. The highest BCUT2D eigenvalue weighted by atomic mass is 16.5. The molecule has 0 bridgehead atoms. The molecule has 2 saturated heterocycles. The van der Waals surface area contributed by atoms with Crippen LogP contribution in [0.4, 0.5) is 10.5 Å². The zero-order valence-corrected chi connectivity index (χ0v) is 22.5. The predicted molar refractivity (Wildman–Crippen MR) is 150 cm³/mol. The highest BCUT2D eigenvalue weighted by Gasteiger charge is 2.35. The molecule has 0 saturated carbocycles. The van der Waals surface area contributed by atoms with Gasteiger partial charge in [0.2, 0.25) is 0 Å². The molecule has 3 heterocycles. The zero-order chi connectivity index (χ0) is 26.9. The van der Waals surface area contributed by atoms with Crippen molar-refractivity contribution in [1.29, 1.82) is 0 Å². The number of likely N-dealkylation sites (tertiary alicyclic amines) is 1. The van der Waals surface area contributed by atoms with Crippen LogP contribution < -0.4 is 15.5 Å². The highest BCUT2D eigenvalue weighted by Crippen LogP contribution is 2.43. The number of rotatable bonds is 7. The van der Waals surface area contributed by atoms with Crippen LogP contribution in [-0.4, -0.2) is 96.3 Å². The van der Waals surface area contributed by atoms with Gasteiger partial charge in [-0.15, -0.1) is 0 Å². The normalized spacial score (nSPS) is 17.7. The van der Waals surface area contributed by atoms with Gasteiger partial charge in [0.15, 0.2) is 5.78 Å². The molecule has 1 aliphatic carbocycles. The Morgan fingerprint density at radius 3 is 2.62 bits per heavy atom. The lowest BCUT2D eigenvalue weighted by Gasteiger charge is -2.32. The van der Waals surface area contributed by atoms with Crippen molar-refractivity contribution in [1.82, 2.24) is 30.4 Å². The number of amides is 2. The lowest BCUT2D eigenvalue weighted by atomic mass is 10.0. The number of anilines is 1. The monoisotopic (exact) mass is 529 g/mol. The number of ketones is 1. The number of hydrogen-bond donors (Lipinski definition) is 3. The molecule has 3 aliphatic rings. The van der Waals surface area contributed by atoms with Gasteiger partial charge in [0, 0.05) is 43.9 Å². The van der Waals surface area contributed by atoms with Crippen LogP contribution in [-0.2, 0) is 0 Å². The molecule has 0 radical (unpaired) electrons. The third-order valence-electron chi connectivity index (χ3n) is 7.88. The zero-order valence-electron chi connectivity index (χ0n) is 22.5. The molecule has 39 heavy (non-hydrogen) atoms. The van der Waals surface area contributed by atoms with Gasteiger partial charge in [-0.2, -0.15) is 5.10 Å². The first-order chi connectivity index (χ1) is 19.0. The van der Waals surface area contributed by atoms with Crippen molar-refractivity contribution in [2.45, 2.75) is 19.8 Å². The summed E-state index contributed by atoms with van der Waals surface area (Å²) < 4.78 is 6.06. The average Bonchev–Trinajstić information content (AvgIpc) is 3.66. The number of benzene rings is 2. The number of likely N-dealkylation sites (N-methyl/N-ethyl adjacent to an activating group) is 1. The van der Waals surface area contributed by atoms with Crippen LogP contribution in [0.1, 0.15) is 34.3 Å². The molecule has 2 aliphatic heterocycles. The number of fused-ring (bicyclic) bond motifs is 3. The van der Waals surface area contributed by atoms with Gasteiger partial charge in [-0.25, -0.2) is 9.80 Å². The molecular weight excluding hydrogens is 494 g/mol. The minimum atomic E-state index is -0.356. The summed E-state index contributed by atoms with van der Waals surface area (Å²) in [4.78, 5) is 31.1. The molecule has 0 unspecified atom stereocenters. The third-order valence-corrected chi connectivity index (χ3v) is 7.88. The van der Waals surface area contributed by atoms with E-state index in [-0.39, 0.29) is 11.8 Å². The predicted octanol–water partition coefficient (Wildman–Crippen LogP) is 3.36. The second-order valence-electron chi connectivity index (χ2n) is 10.6. The van der Waals surface area contributed by atoms with Crippen molar-refractivity contribution >= 4 is 17.5 Å². The Kier molecular flexibility index (Phi) is 7.07. The Labute approximate surface area is 228 Å². The maximum Gasteiger partial charge on any atom is 0.333 e. The van der Waals surface area contributed by atoms with E-state index in [0.29, 0.717) is 34.8 Å². The van der Waals surface area contributed by atoms with E-state index in [4.69, 9.17) is 4.74 Å². The van der Waals surface area contributed by atoms with Crippen LogP contribution in [0.5, 0.6) is 5.75 Å². The molecule has 0 spiro atoms. The molecule has 2 fully saturated rings. The summed E-state index contributed by atoms with van der Waals surface area (Å²) in [6, 6.07) is 11.0. The molecular formula is C29H35N7O3. The van der Waals surface area contributed by atoms with Crippen molar-refractivity contribution < 1.29 is 14.3 Å². The summed E-state index contributed by atoms with van der Waals surface area (Å²) in [6.45, 7) is 9.17. The number of H-pyrrole nitrogens is 1. The summed E-state index contributed by atoms with van der Waals surface area (Å²) in [5.74, 6) is 0.695. The van der Waals surface area contributed by atoms with Gasteiger partial charge in [-0.3, -0.25) is 20.2 Å². The molecule has 3 N–H and O–H groups in total. The van der Waals surface area contributed by atoms with E-state index in [1.54, 1.807) is 6.07 Å². The van der Waals surface area contributed by atoms with Gasteiger partial charge in [0.1, 0.15) is 18.1 Å². The molecule has 2 aromatic carbocycles. The average molecular weight is 530 g/mol. The molecule has 3 aromatic rings. The number of piperazine rings is 1. The van der Waals surface area contributed by atoms with Gasteiger partial charge in [0.25, 0.3) is 0 Å². The summed E-state index contributed by atoms with van der Waals surface area (Å²) in [6.07, 6.45) is 2.54. The van der Waals surface area contributed by atoms with Crippen molar-refractivity contribution in [2.24, 2.45) is 0 Å². The SMILES string of the molecule is Cc1cc(-c2n[nH]c3c2C(=O)c2c(NC(=O)NN4CCN(C)CC4)cccc2-3)ccc1OCCN1CCCC1. The number of nitrogens with one attached hydrogen (secondary N) is 3. The smallest absolute Gasteiger partial charge is 0.333 e. The molecule has 204 valence electrons. The second kappa shape index (κ2) is 10.8. The number of hydrazine groups is 1. The van der Waals surface area contributed by atoms with Gasteiger partial charge >= 0.3 is 6.03 Å². The lowest BCUT2D eigenvalue weighted by molar-refractivity contribution is 0.104. The first-order valence-corrected chi connectivity index (χ1v) is 13.7. The molecule has 1 aromatic heterocycles. The van der Waals surface area contributed by atoms with Crippen molar-refractivity contribution in [3.8, 4) is 28.3 Å². The van der Waals surface area contributed by atoms with Crippen molar-refractivity contribution in [2.75, 3.05) is 64.8 Å². The number of aromatic amines is 1. The molecule has 2 amide bonds. The van der Waals surface area contributed by atoms with Crippen LogP contribution in [0.2, 0.25) is 0 Å². The van der Waals surface area contributed by atoms with Crippen molar-refractivity contribution in [3.05, 3.63) is 53.1 Å². The summed E-state index contributed by atoms with van der Waals surface area (Å²) in [7, 11) is 2.06. The van der Waals surface area contributed by atoms with Crippen LogP contribution in [0, 0.1) is 6.92 Å². The van der Waals surface area contributed by atoms with Gasteiger partial charge < -0.3 is 15.0 Å². The van der Waals surface area contributed by atoms with E-state index >= 15 is 0 Å². The first kappa shape index (κ1) is 25.5. The number of carbonyl (C=O) groups excluding carboxylic acids is 2. The van der Waals surface area contributed by atoms with Crippen LogP contribution in [0.3, 0.4) is 0 Å². The Morgan fingerprint density at radius 1 is 1.05 bits per heavy atom. The van der Waals surface area contributed by atoms with E-state index in [1.165, 1.54) is 12.8 Å². The van der Waals surface area contributed by atoms with E-state index < -0.39 is 0 Å². The van der Waals surface area contributed by atoms with Crippen LogP contribution in [0.25, 0.3) is 22.5 Å². The van der Waals surface area contributed by atoms with Gasteiger partial charge in [-0.05, 0) is 69.7 Å². The fraction of sp³-hybridized carbons (Fsp3) is 0.414. The number of ether oxygens (including phenoxy) is 1. The molecule has 6 rings (SSSR count). The topological polar surface area (TPSA) is 106 Å². The standard InChI is InChI=1S/C29H35N7O3/c1-19-18-20(8-9-23(19)39-17-16-35-10-3-4-11-35)26-25-27(32-31-26)21-6-5-7-22(24(21)28(25)37)30-29(38)33-36-14-12-34(2)13-15-36/h5-9,18H,3-4,10-17H2,1-2H3,(H,31,32)(H2,30,33,38). The number of carbonyl (C=O) groups is 2. The van der Waals surface area contributed by atoms with Crippen LogP contribution in [0.15, 0.2) is 36.4 Å². The maximum atomic E-state index is 13.7. The van der Waals surface area contributed by atoms with Gasteiger partial charge in [-0.1, -0.05) is 12.1 Å². The fourth-order valence-electron chi connectivity index (χ4n) is 5.66. The second-order valence-corrected chi connectivity index (χ2v) is 10.6. The van der Waals surface area contributed by atoms with Gasteiger partial charge in [0.05, 0.1) is 22.5 Å². The summed E-state index contributed by atoms with van der Waals surface area (Å²) >= 11 is 0. The quantitative estimate of drug-likeness (QED) is 0.337. The van der Waals surface area contributed by atoms with Crippen LogP contribution >= 0.6 is 0 Å². The molecule has 10 nitrogen and oxygen atoms in total. The number of urea groups is 1. The van der Waals surface area contributed by atoms with E-state index in [9.17, 15) is 9.59 Å². The number of nitrogens with zero attached hydrogens (tertiary/aromatic N) is 4. The number of aromatic nitrogens is 2. The summed E-state index contributed by atoms with van der Waals surface area (Å²) in [5, 5.41) is 12.4. The Bertz CT molecular complexity index is 1390. The number of hydrogen-bond acceptors (Lipinski definition) is 7. The first-order valence-electron chi connectivity index (χ1n) is 13.7. The maximum absolute atomic E-state index is 13.7. The minimum absolute atomic E-state index is 0.150. The lowest BCUT2D eigenvalue weighted by Crippen LogP contribution is -2.53. The Balaban J connectivity index is 1.17. The molecule has 10 heteroatoms. The Hall–Kier alpha value is -3.73. The fourth-order valence-corrected chi connectivity index (χ4v) is 5.66. The number of aryl methyl sites for hydroxylation is 1. The van der Waals surface area contributed by atoms with Crippen molar-refractivity contribution in [3.63, 3.8) is 0 Å². The van der Waals surface area contributed by atoms with E-state index in [2.05, 4.69) is 37.8 Å².